The van der Waals surface area contributed by atoms with E-state index in [0.29, 0.717) is 17.6 Å². The predicted molar refractivity (Wildman–Crippen MR) is 86.6 cm³/mol. The van der Waals surface area contributed by atoms with Crippen LogP contribution in [0.2, 0.25) is 0 Å². The quantitative estimate of drug-likeness (QED) is 0.902. The minimum atomic E-state index is 0.0559. The zero-order valence-corrected chi connectivity index (χ0v) is 13.7. The van der Waals surface area contributed by atoms with Crippen molar-refractivity contribution < 1.29 is 4.74 Å². The Hall–Kier alpha value is -1.52. The highest BCUT2D eigenvalue weighted by Crippen LogP contribution is 2.34. The number of hydrogen-bond donors (Lipinski definition) is 1. The Bertz CT molecular complexity index is 456. The van der Waals surface area contributed by atoms with E-state index in [2.05, 4.69) is 28.8 Å². The summed E-state index contributed by atoms with van der Waals surface area (Å²) in [5.74, 6) is 2.17. The lowest BCUT2D eigenvalue weighted by Gasteiger charge is -2.35. The first-order valence-electron chi connectivity index (χ1n) is 8.02. The molecule has 0 radical (unpaired) electrons. The van der Waals surface area contributed by atoms with Gasteiger partial charge in [-0.05, 0) is 45.4 Å². The van der Waals surface area contributed by atoms with Crippen molar-refractivity contribution in [3.8, 4) is 5.88 Å². The van der Waals surface area contributed by atoms with Gasteiger partial charge in [-0.25, -0.2) is 4.98 Å². The number of nitrogens with two attached hydrogens (primary N) is 1. The van der Waals surface area contributed by atoms with Gasteiger partial charge in [0.25, 0.3) is 0 Å². The zero-order chi connectivity index (χ0) is 15.4. The molecule has 0 spiro atoms. The first-order valence-corrected chi connectivity index (χ1v) is 8.02. The molecule has 0 saturated heterocycles. The molecule has 2 N–H and O–H groups in total. The number of aromatic nitrogens is 2. The van der Waals surface area contributed by atoms with Gasteiger partial charge in [0.1, 0.15) is 12.0 Å². The minimum absolute atomic E-state index is 0.0559. The summed E-state index contributed by atoms with van der Waals surface area (Å²) in [6.45, 7) is 6.22. The van der Waals surface area contributed by atoms with Crippen molar-refractivity contribution in [2.24, 2.45) is 5.92 Å². The second kappa shape index (κ2) is 6.96. The van der Waals surface area contributed by atoms with Gasteiger partial charge < -0.3 is 15.4 Å². The van der Waals surface area contributed by atoms with Gasteiger partial charge in [0.15, 0.2) is 5.82 Å². The molecule has 2 rings (SSSR count). The summed E-state index contributed by atoms with van der Waals surface area (Å²) >= 11 is 0. The van der Waals surface area contributed by atoms with Gasteiger partial charge >= 0.3 is 0 Å². The van der Waals surface area contributed by atoms with E-state index >= 15 is 0 Å². The molecule has 1 aliphatic carbocycles. The maximum absolute atomic E-state index is 6.20. The third-order valence-electron chi connectivity index (χ3n) is 4.45. The molecule has 5 nitrogen and oxygen atoms in total. The molecule has 0 atom stereocenters. The molecule has 1 saturated carbocycles. The number of ether oxygens (including phenoxy) is 1. The highest BCUT2D eigenvalue weighted by atomic mass is 16.5. The third kappa shape index (κ3) is 3.77. The summed E-state index contributed by atoms with van der Waals surface area (Å²) in [5.41, 5.74) is 6.75. The fourth-order valence-electron chi connectivity index (χ4n) is 3.08. The van der Waals surface area contributed by atoms with Crippen molar-refractivity contribution in [1.29, 1.82) is 0 Å². The number of nitrogen functional groups attached to an aromatic ring is 1. The van der Waals surface area contributed by atoms with Crippen LogP contribution in [0.4, 0.5) is 11.5 Å². The Morgan fingerprint density at radius 2 is 1.95 bits per heavy atom. The van der Waals surface area contributed by atoms with Crippen LogP contribution in [0, 0.1) is 5.92 Å². The molecule has 5 heteroatoms. The smallest absolute Gasteiger partial charge is 0.242 e. The first kappa shape index (κ1) is 15.9. The Balaban J connectivity index is 2.10. The second-order valence-electron chi connectivity index (χ2n) is 6.28. The van der Waals surface area contributed by atoms with Crippen LogP contribution in [0.25, 0.3) is 0 Å². The molecule has 0 aliphatic heterocycles. The minimum Gasteiger partial charge on any atom is -0.473 e. The highest BCUT2D eigenvalue weighted by molar-refractivity contribution is 5.67. The van der Waals surface area contributed by atoms with E-state index in [4.69, 9.17) is 10.5 Å². The summed E-state index contributed by atoms with van der Waals surface area (Å²) in [7, 11) is 2.08. The van der Waals surface area contributed by atoms with E-state index in [9.17, 15) is 0 Å². The van der Waals surface area contributed by atoms with Gasteiger partial charge in [-0.3, -0.25) is 0 Å². The normalized spacial score (nSPS) is 22.3. The molecule has 1 aliphatic rings. The average Bonchev–Trinajstić information content (AvgIpc) is 2.48. The zero-order valence-electron chi connectivity index (χ0n) is 13.7. The summed E-state index contributed by atoms with van der Waals surface area (Å²) < 4.78 is 5.65. The molecule has 0 aromatic carbocycles. The average molecular weight is 292 g/mol. The van der Waals surface area contributed by atoms with E-state index in [1.807, 2.05) is 13.8 Å². The Morgan fingerprint density at radius 3 is 2.52 bits per heavy atom. The van der Waals surface area contributed by atoms with E-state index in [1.165, 1.54) is 38.4 Å². The molecular weight excluding hydrogens is 264 g/mol. The van der Waals surface area contributed by atoms with Crippen LogP contribution in [-0.4, -0.2) is 29.2 Å². The van der Waals surface area contributed by atoms with Gasteiger partial charge in [0, 0.05) is 13.1 Å². The number of rotatable bonds is 5. The molecule has 1 aromatic heterocycles. The highest BCUT2D eigenvalue weighted by Gasteiger charge is 2.25. The molecule has 0 amide bonds. The number of nitrogens with zero attached hydrogens (tertiary/aromatic N) is 3. The monoisotopic (exact) mass is 292 g/mol. The van der Waals surface area contributed by atoms with Crippen molar-refractivity contribution in [2.45, 2.75) is 65.0 Å². The molecular formula is C16H28N4O. The van der Waals surface area contributed by atoms with E-state index in [0.717, 1.165) is 11.7 Å². The molecule has 1 fully saturated rings. The lowest BCUT2D eigenvalue weighted by Crippen LogP contribution is -2.36. The Kier molecular flexibility index (Phi) is 5.26. The van der Waals surface area contributed by atoms with Crippen molar-refractivity contribution in [3.63, 3.8) is 0 Å². The van der Waals surface area contributed by atoms with Crippen molar-refractivity contribution >= 4 is 11.5 Å². The summed E-state index contributed by atoms with van der Waals surface area (Å²) in [4.78, 5) is 10.7. The molecule has 1 heterocycles. The van der Waals surface area contributed by atoms with Gasteiger partial charge in [-0.1, -0.05) is 13.3 Å². The third-order valence-corrected chi connectivity index (χ3v) is 4.45. The summed E-state index contributed by atoms with van der Waals surface area (Å²) in [6.07, 6.45) is 7.89. The maximum Gasteiger partial charge on any atom is 0.242 e. The van der Waals surface area contributed by atoms with Crippen molar-refractivity contribution in [1.82, 2.24) is 9.97 Å². The Labute approximate surface area is 127 Å². The molecule has 118 valence electrons. The first-order chi connectivity index (χ1) is 10.0. The largest absolute Gasteiger partial charge is 0.473 e. The molecule has 21 heavy (non-hydrogen) atoms. The van der Waals surface area contributed by atoms with Gasteiger partial charge in [0.05, 0.1) is 6.10 Å². The Morgan fingerprint density at radius 1 is 1.29 bits per heavy atom. The molecule has 0 bridgehead atoms. The van der Waals surface area contributed by atoms with E-state index < -0.39 is 0 Å². The van der Waals surface area contributed by atoms with Crippen LogP contribution in [0.3, 0.4) is 0 Å². The van der Waals surface area contributed by atoms with Crippen LogP contribution in [0.5, 0.6) is 5.88 Å². The van der Waals surface area contributed by atoms with Crippen molar-refractivity contribution in [3.05, 3.63) is 6.33 Å². The summed E-state index contributed by atoms with van der Waals surface area (Å²) in [6, 6.07) is 0.511. The van der Waals surface area contributed by atoms with Crippen LogP contribution in [-0.2, 0) is 0 Å². The number of hydrogen-bond acceptors (Lipinski definition) is 5. The fraction of sp³-hybridized carbons (Fsp3) is 0.750. The maximum atomic E-state index is 6.20. The fourth-order valence-corrected chi connectivity index (χ4v) is 3.08. The van der Waals surface area contributed by atoms with Crippen molar-refractivity contribution in [2.75, 3.05) is 17.7 Å². The lowest BCUT2D eigenvalue weighted by atomic mass is 9.84. The van der Waals surface area contributed by atoms with Crippen LogP contribution in [0.1, 0.15) is 52.9 Å². The standard InChI is InChI=1S/C16H28N4O/c1-5-12-6-8-13(9-7-12)20(4)15-14(17)16(19-10-18-15)21-11(2)3/h10-13H,5-9,17H2,1-4H3. The van der Waals surface area contributed by atoms with Crippen LogP contribution >= 0.6 is 0 Å². The van der Waals surface area contributed by atoms with Crippen LogP contribution in [0.15, 0.2) is 6.33 Å². The van der Waals surface area contributed by atoms with Gasteiger partial charge in [-0.15, -0.1) is 0 Å². The van der Waals surface area contributed by atoms with E-state index in [-0.39, 0.29) is 6.10 Å². The summed E-state index contributed by atoms with van der Waals surface area (Å²) in [5, 5.41) is 0. The van der Waals surface area contributed by atoms with Gasteiger partial charge in [0.2, 0.25) is 5.88 Å². The molecule has 1 aromatic rings. The predicted octanol–water partition coefficient (Wildman–Crippen LogP) is 3.25. The second-order valence-corrected chi connectivity index (χ2v) is 6.28. The van der Waals surface area contributed by atoms with Crippen LogP contribution < -0.4 is 15.4 Å². The topological polar surface area (TPSA) is 64.3 Å². The number of anilines is 2. The molecule has 0 unspecified atom stereocenters. The van der Waals surface area contributed by atoms with Gasteiger partial charge in [-0.2, -0.15) is 4.98 Å². The van der Waals surface area contributed by atoms with E-state index in [1.54, 1.807) is 0 Å². The SMILES string of the molecule is CCC1CCC(N(C)c2ncnc(OC(C)C)c2N)CC1. The lowest BCUT2D eigenvalue weighted by molar-refractivity contribution is 0.233.